The fraction of sp³-hybridized carbons (Fsp3) is 0.200. The Morgan fingerprint density at radius 2 is 1.77 bits per heavy atom. The van der Waals surface area contributed by atoms with Gasteiger partial charge in [-0.1, -0.05) is 24.3 Å². The van der Waals surface area contributed by atoms with Gasteiger partial charge in [0.05, 0.1) is 0 Å². The van der Waals surface area contributed by atoms with Crippen molar-refractivity contribution in [2.45, 2.75) is 25.4 Å². The predicted octanol–water partition coefficient (Wildman–Crippen LogP) is 5.12. The lowest BCUT2D eigenvalue weighted by Crippen LogP contribution is -2.26. The van der Waals surface area contributed by atoms with E-state index in [2.05, 4.69) is 5.32 Å². The van der Waals surface area contributed by atoms with Gasteiger partial charge in [0.25, 0.3) is 5.91 Å². The molecular weight excluding hydrogens is 411 g/mol. The van der Waals surface area contributed by atoms with Crippen LogP contribution in [-0.4, -0.2) is 29.8 Å². The average molecular weight is 435 g/mol. The fourth-order valence-electron chi connectivity index (χ4n) is 3.10. The number of likely N-dealkylation sites (N-methyl/N-ethyl adjacent to an activating group) is 1. The minimum Gasteiger partial charge on any atom is -0.349 e. The number of hydrogen-bond acceptors (Lipinski definition) is 3. The first-order chi connectivity index (χ1) is 15.0. The number of hydrogen-bond donors (Lipinski definition) is 1. The summed E-state index contributed by atoms with van der Waals surface area (Å²) in [4.78, 5) is 28.1. The molecule has 1 aromatic heterocycles. The van der Waals surface area contributed by atoms with E-state index in [4.69, 9.17) is 0 Å². The van der Waals surface area contributed by atoms with Crippen molar-refractivity contribution in [2.24, 2.45) is 0 Å². The summed E-state index contributed by atoms with van der Waals surface area (Å²) in [5.74, 6) is -0.408. The number of nitrogens with one attached hydrogen (secondary N) is 1. The summed E-state index contributed by atoms with van der Waals surface area (Å²) in [7, 11) is 1.75. The maximum Gasteiger partial charge on any atom is 0.251 e. The van der Waals surface area contributed by atoms with Gasteiger partial charge in [0.2, 0.25) is 5.91 Å². The van der Waals surface area contributed by atoms with E-state index in [0.29, 0.717) is 18.2 Å². The van der Waals surface area contributed by atoms with E-state index in [1.807, 2.05) is 24.3 Å². The van der Waals surface area contributed by atoms with E-state index in [1.165, 1.54) is 12.1 Å². The van der Waals surface area contributed by atoms with Crippen molar-refractivity contribution < 1.29 is 14.0 Å². The zero-order valence-corrected chi connectivity index (χ0v) is 18.0. The van der Waals surface area contributed by atoms with E-state index in [-0.39, 0.29) is 17.6 Å². The minimum atomic E-state index is -0.259. The largest absolute Gasteiger partial charge is 0.349 e. The van der Waals surface area contributed by atoms with E-state index in [0.717, 1.165) is 33.7 Å². The SMILES string of the molecule is CN(Cc1ccc(C(=O)NC2CC2)cc1)C(=O)/C=C/c1ccc(-c2ccc(F)cc2)s1. The van der Waals surface area contributed by atoms with Crippen LogP contribution in [0.5, 0.6) is 0 Å². The molecule has 0 aliphatic heterocycles. The molecule has 0 unspecified atom stereocenters. The first-order valence-electron chi connectivity index (χ1n) is 10.2. The van der Waals surface area contributed by atoms with Crippen LogP contribution in [0.25, 0.3) is 16.5 Å². The first-order valence-corrected chi connectivity index (χ1v) is 11.0. The topological polar surface area (TPSA) is 49.4 Å². The van der Waals surface area contributed by atoms with Gasteiger partial charge in [0.1, 0.15) is 5.82 Å². The van der Waals surface area contributed by atoms with Crippen LogP contribution in [0.15, 0.2) is 66.7 Å². The summed E-state index contributed by atoms with van der Waals surface area (Å²) < 4.78 is 13.1. The molecule has 1 fully saturated rings. The number of benzene rings is 2. The van der Waals surface area contributed by atoms with Gasteiger partial charge in [-0.05, 0) is 66.4 Å². The van der Waals surface area contributed by atoms with E-state index >= 15 is 0 Å². The number of halogens is 1. The smallest absolute Gasteiger partial charge is 0.251 e. The van der Waals surface area contributed by atoms with E-state index in [9.17, 15) is 14.0 Å². The zero-order valence-electron chi connectivity index (χ0n) is 17.2. The minimum absolute atomic E-state index is 0.0441. The van der Waals surface area contributed by atoms with Crippen LogP contribution in [-0.2, 0) is 11.3 Å². The molecule has 4 rings (SSSR count). The Bertz CT molecular complexity index is 1100. The van der Waals surface area contributed by atoms with Crippen molar-refractivity contribution in [1.82, 2.24) is 10.2 Å². The van der Waals surface area contributed by atoms with Gasteiger partial charge in [-0.3, -0.25) is 9.59 Å². The molecule has 158 valence electrons. The van der Waals surface area contributed by atoms with Crippen molar-refractivity contribution >= 4 is 29.2 Å². The van der Waals surface area contributed by atoms with E-state index in [1.54, 1.807) is 59.7 Å². The second-order valence-corrected chi connectivity index (χ2v) is 8.80. The van der Waals surface area contributed by atoms with Crippen LogP contribution < -0.4 is 5.32 Å². The van der Waals surface area contributed by atoms with Crippen LogP contribution >= 0.6 is 11.3 Å². The summed E-state index contributed by atoms with van der Waals surface area (Å²) >= 11 is 1.54. The summed E-state index contributed by atoms with van der Waals surface area (Å²) in [5, 5.41) is 2.97. The molecular formula is C25H23FN2O2S. The molecule has 1 heterocycles. The molecule has 0 bridgehead atoms. The summed E-state index contributed by atoms with van der Waals surface area (Å²) in [6.45, 7) is 0.457. The van der Waals surface area contributed by atoms with Crippen molar-refractivity contribution in [3.8, 4) is 10.4 Å². The maximum atomic E-state index is 13.1. The number of amides is 2. The van der Waals surface area contributed by atoms with Crippen LogP contribution in [0.3, 0.4) is 0 Å². The van der Waals surface area contributed by atoms with Gasteiger partial charge >= 0.3 is 0 Å². The van der Waals surface area contributed by atoms with Crippen LogP contribution in [0.4, 0.5) is 4.39 Å². The standard InChI is InChI=1S/C25H23FN2O2S/c1-28(16-17-2-4-19(5-3-17)25(30)27-21-10-11-21)24(29)15-13-22-12-14-23(31-22)18-6-8-20(26)9-7-18/h2-9,12-15,21H,10-11,16H2,1H3,(H,27,30)/b15-13+. The zero-order chi connectivity index (χ0) is 21.8. The molecule has 1 N–H and O–H groups in total. The fourth-order valence-corrected chi connectivity index (χ4v) is 4.02. The van der Waals surface area contributed by atoms with Crippen LogP contribution in [0, 0.1) is 5.82 Å². The Hall–Kier alpha value is -3.25. The molecule has 2 aromatic carbocycles. The normalized spacial score (nSPS) is 13.4. The first kappa shape index (κ1) is 21.0. The lowest BCUT2D eigenvalue weighted by atomic mass is 10.1. The second kappa shape index (κ2) is 9.27. The summed E-state index contributed by atoms with van der Waals surface area (Å²) in [6, 6.07) is 18.0. The molecule has 1 aliphatic carbocycles. The Labute approximate surface area is 185 Å². The number of nitrogens with zero attached hydrogens (tertiary/aromatic N) is 1. The van der Waals surface area contributed by atoms with Gasteiger partial charge in [-0.25, -0.2) is 4.39 Å². The number of rotatable bonds is 7. The van der Waals surface area contributed by atoms with Crippen molar-refractivity contribution in [2.75, 3.05) is 7.05 Å². The van der Waals surface area contributed by atoms with Crippen molar-refractivity contribution in [3.05, 3.63) is 88.6 Å². The Morgan fingerprint density at radius 1 is 1.06 bits per heavy atom. The monoisotopic (exact) mass is 434 g/mol. The third-order valence-electron chi connectivity index (χ3n) is 5.07. The molecule has 1 saturated carbocycles. The molecule has 1 aliphatic rings. The second-order valence-electron chi connectivity index (χ2n) is 7.68. The van der Waals surface area contributed by atoms with Gasteiger partial charge in [-0.15, -0.1) is 11.3 Å². The number of carbonyl (C=O) groups excluding carboxylic acids is 2. The molecule has 4 nitrogen and oxygen atoms in total. The Kier molecular flexibility index (Phi) is 6.28. The summed E-state index contributed by atoms with van der Waals surface area (Å²) in [6.07, 6.45) is 5.46. The molecule has 0 spiro atoms. The molecule has 3 aromatic rings. The van der Waals surface area contributed by atoms with Crippen molar-refractivity contribution in [3.63, 3.8) is 0 Å². The molecule has 31 heavy (non-hydrogen) atoms. The third kappa shape index (κ3) is 5.67. The lowest BCUT2D eigenvalue weighted by Gasteiger charge is -2.15. The molecule has 0 saturated heterocycles. The van der Waals surface area contributed by atoms with Gasteiger partial charge in [-0.2, -0.15) is 0 Å². The molecule has 6 heteroatoms. The highest BCUT2D eigenvalue weighted by molar-refractivity contribution is 7.16. The lowest BCUT2D eigenvalue weighted by molar-refractivity contribution is -0.125. The molecule has 0 atom stereocenters. The quantitative estimate of drug-likeness (QED) is 0.525. The highest BCUT2D eigenvalue weighted by atomic mass is 32.1. The summed E-state index contributed by atoms with van der Waals surface area (Å²) in [5.41, 5.74) is 2.55. The number of thiophene rings is 1. The molecule has 0 radical (unpaired) electrons. The van der Waals surface area contributed by atoms with Crippen molar-refractivity contribution in [1.29, 1.82) is 0 Å². The van der Waals surface area contributed by atoms with Crippen LogP contribution in [0.1, 0.15) is 33.6 Å². The number of carbonyl (C=O) groups is 2. The highest BCUT2D eigenvalue weighted by Gasteiger charge is 2.23. The van der Waals surface area contributed by atoms with Gasteiger partial charge in [0, 0.05) is 41.0 Å². The van der Waals surface area contributed by atoms with E-state index < -0.39 is 0 Å². The third-order valence-corrected chi connectivity index (χ3v) is 6.17. The van der Waals surface area contributed by atoms with Gasteiger partial charge in [0.15, 0.2) is 0 Å². The maximum absolute atomic E-state index is 13.1. The van der Waals surface area contributed by atoms with Gasteiger partial charge < -0.3 is 10.2 Å². The Balaban J connectivity index is 1.32. The average Bonchev–Trinajstić information content (AvgIpc) is 3.46. The highest BCUT2D eigenvalue weighted by Crippen LogP contribution is 2.29. The predicted molar refractivity (Wildman–Crippen MR) is 122 cm³/mol. The van der Waals surface area contributed by atoms with Crippen LogP contribution in [0.2, 0.25) is 0 Å². The Morgan fingerprint density at radius 3 is 2.45 bits per heavy atom. The molecule has 2 amide bonds.